The summed E-state index contributed by atoms with van der Waals surface area (Å²) in [6.07, 6.45) is 0.0791. The van der Waals surface area contributed by atoms with Crippen LogP contribution in [0.5, 0.6) is 0 Å². The molecule has 0 fully saturated rings. The highest BCUT2D eigenvalue weighted by atomic mass is 19.2. The topological polar surface area (TPSA) is 33.8 Å². The Morgan fingerprint density at radius 3 is 0.967 bits per heavy atom. The second-order valence-corrected chi connectivity index (χ2v) is 12.5. The molecule has 0 aliphatic rings. The Labute approximate surface area is 326 Å². The number of hydrogen-bond acceptors (Lipinski definition) is 2. The first-order chi connectivity index (χ1) is 28.5. The molecule has 320 valence electrons. The van der Waals surface area contributed by atoms with Crippen molar-refractivity contribution in [2.75, 3.05) is 0 Å². The first kappa shape index (κ1) is 45.6. The van der Waals surface area contributed by atoms with Gasteiger partial charge in [-0.05, 0) is 13.0 Å². The third kappa shape index (κ3) is 7.30. The first-order valence-corrected chi connectivity index (χ1v) is 16.1. The van der Waals surface area contributed by atoms with Gasteiger partial charge in [-0.2, -0.15) is 4.57 Å². The summed E-state index contributed by atoms with van der Waals surface area (Å²) in [6.45, 7) is 2.34. The molecule has 0 amide bonds. The van der Waals surface area contributed by atoms with Crippen molar-refractivity contribution in [3.05, 3.63) is 177 Å². The van der Waals surface area contributed by atoms with Gasteiger partial charge in [-0.1, -0.05) is 18.2 Å². The van der Waals surface area contributed by atoms with E-state index in [0.717, 1.165) is 17.7 Å². The van der Waals surface area contributed by atoms with Crippen molar-refractivity contribution in [2.45, 2.75) is 13.5 Å². The van der Waals surface area contributed by atoms with E-state index in [2.05, 4.69) is 4.98 Å². The predicted molar refractivity (Wildman–Crippen MR) is 169 cm³/mol. The molecule has 0 atom stereocenters. The lowest BCUT2D eigenvalue weighted by molar-refractivity contribution is -0.688. The van der Waals surface area contributed by atoms with E-state index in [1.165, 1.54) is 0 Å². The van der Waals surface area contributed by atoms with Crippen molar-refractivity contribution in [1.29, 1.82) is 0 Å². The van der Waals surface area contributed by atoms with E-state index in [1.807, 2.05) is 41.2 Å². The molecule has 1 heterocycles. The number of carbonyl (C=O) groups excluding carboxylic acids is 1. The number of aromatic nitrogens is 2. The zero-order valence-electron chi connectivity index (χ0n) is 29.3. The molecular weight excluding hydrogens is 879 g/mol. The van der Waals surface area contributed by atoms with Gasteiger partial charge in [0.05, 0.1) is 12.4 Å². The van der Waals surface area contributed by atoms with Crippen LogP contribution in [0.1, 0.15) is 22.8 Å². The van der Waals surface area contributed by atoms with Gasteiger partial charge >= 0.3 is 0 Å². The molecule has 0 unspecified atom stereocenters. The summed E-state index contributed by atoms with van der Waals surface area (Å²) in [5.74, 6) is -71.3. The van der Waals surface area contributed by atoms with Crippen molar-refractivity contribution in [3.63, 3.8) is 0 Å². The van der Waals surface area contributed by atoms with Crippen molar-refractivity contribution in [1.82, 2.24) is 4.98 Å². The Morgan fingerprint density at radius 1 is 0.443 bits per heavy atom. The fourth-order valence-corrected chi connectivity index (χ4v) is 6.43. The zero-order valence-corrected chi connectivity index (χ0v) is 29.3. The minimum atomic E-state index is -7.22. The van der Waals surface area contributed by atoms with E-state index in [-0.39, 0.29) is 5.78 Å². The summed E-state index contributed by atoms with van der Waals surface area (Å²) >= 11 is 0. The minimum absolute atomic E-state index is 0.0987. The normalized spacial score (nSPS) is 11.5. The van der Waals surface area contributed by atoms with Gasteiger partial charge in [0.1, 0.15) is 52.7 Å². The highest BCUT2D eigenvalue weighted by molar-refractivity contribution is 7.20. The Bertz CT molecular complexity index is 2390. The van der Waals surface area contributed by atoms with Crippen LogP contribution in [0.4, 0.5) is 87.8 Å². The number of halogens is 20. The molecular formula is C37H13BF20N2O. The average molecular weight is 892 g/mol. The molecule has 1 aromatic heterocycles. The molecule has 3 nitrogen and oxygen atoms in total. The molecule has 0 aliphatic heterocycles. The van der Waals surface area contributed by atoms with E-state index >= 15 is 35.1 Å². The van der Waals surface area contributed by atoms with Crippen LogP contribution in [-0.2, 0) is 6.54 Å². The van der Waals surface area contributed by atoms with Gasteiger partial charge in [0.2, 0.25) is 0 Å². The van der Waals surface area contributed by atoms with Crippen LogP contribution >= 0.6 is 0 Å². The van der Waals surface area contributed by atoms with Crippen LogP contribution < -0.4 is 26.4 Å². The van der Waals surface area contributed by atoms with Crippen molar-refractivity contribution < 1.29 is 97.2 Å². The Hall–Kier alpha value is -6.49. The Balaban J connectivity index is 0.000000366. The summed E-state index contributed by atoms with van der Waals surface area (Å²) < 4.78 is 296. The molecule has 61 heavy (non-hydrogen) atoms. The van der Waals surface area contributed by atoms with E-state index in [4.69, 9.17) is 0 Å². The molecule has 0 saturated heterocycles. The lowest BCUT2D eigenvalue weighted by Gasteiger charge is -2.44. The molecule has 0 bridgehead atoms. The first-order valence-electron chi connectivity index (χ1n) is 16.1. The lowest BCUT2D eigenvalue weighted by atomic mass is 9.12. The molecule has 6 aromatic rings. The minimum Gasteiger partial charge on any atom is -0.295 e. The molecule has 0 radical (unpaired) electrons. The number of benzene rings is 5. The summed E-state index contributed by atoms with van der Waals surface area (Å²) in [6, 6.07) is 7.69. The maximum atomic E-state index is 15.4. The number of Topliss-reactive ketones (excluding diaryl/α,β-unsaturated/α-hetero) is 1. The molecule has 0 saturated carbocycles. The summed E-state index contributed by atoms with van der Waals surface area (Å²) in [5.41, 5.74) is -12.5. The van der Waals surface area contributed by atoms with Crippen LogP contribution in [0.25, 0.3) is 0 Å². The fraction of sp³-hybridized carbons (Fsp3) is 0.0541. The quantitative estimate of drug-likeness (QED) is 0.0417. The maximum Gasteiger partial charge on any atom is 0.200 e. The van der Waals surface area contributed by atoms with Crippen LogP contribution in [-0.4, -0.2) is 16.9 Å². The second kappa shape index (κ2) is 16.9. The summed E-state index contributed by atoms with van der Waals surface area (Å²) in [5, 5.41) is 0. The van der Waals surface area contributed by atoms with E-state index in [0.29, 0.717) is 0 Å². The van der Waals surface area contributed by atoms with E-state index < -0.39 is 144 Å². The van der Waals surface area contributed by atoms with Gasteiger partial charge < -0.3 is 0 Å². The van der Waals surface area contributed by atoms with Crippen molar-refractivity contribution in [2.24, 2.45) is 0 Å². The fourth-order valence-electron chi connectivity index (χ4n) is 6.43. The number of rotatable bonds is 7. The van der Waals surface area contributed by atoms with Crippen LogP contribution in [0.2, 0.25) is 0 Å². The molecule has 5 aromatic carbocycles. The third-order valence-electron chi connectivity index (χ3n) is 9.09. The average Bonchev–Trinajstić information content (AvgIpc) is 3.24. The number of hydrogen-bond donors (Lipinski definition) is 0. The molecule has 0 aliphatic carbocycles. The Kier molecular flexibility index (Phi) is 12.6. The number of ketones is 1. The zero-order chi connectivity index (χ0) is 45.7. The molecule has 0 spiro atoms. The number of carbonyl (C=O) groups is 1. The molecule has 6 rings (SSSR count). The predicted octanol–water partition coefficient (Wildman–Crippen LogP) is 7.47. The summed E-state index contributed by atoms with van der Waals surface area (Å²) in [4.78, 5) is 15.2. The van der Waals surface area contributed by atoms with Gasteiger partial charge in [0, 0.05) is 11.1 Å². The Morgan fingerprint density at radius 2 is 0.705 bits per heavy atom. The van der Waals surface area contributed by atoms with Crippen LogP contribution in [0.15, 0.2) is 49.1 Å². The van der Waals surface area contributed by atoms with Gasteiger partial charge in [-0.3, -0.25) is 9.78 Å². The van der Waals surface area contributed by atoms with Gasteiger partial charge in [-0.25, -0.2) is 87.8 Å². The van der Waals surface area contributed by atoms with Crippen molar-refractivity contribution in [3.8, 4) is 0 Å². The van der Waals surface area contributed by atoms with Gasteiger partial charge in [-0.15, -0.1) is 21.9 Å². The summed E-state index contributed by atoms with van der Waals surface area (Å²) in [7, 11) is 0. The molecule has 0 N–H and O–H groups in total. The van der Waals surface area contributed by atoms with Crippen LogP contribution in [0, 0.1) is 116 Å². The van der Waals surface area contributed by atoms with Gasteiger partial charge in [0.25, 0.3) is 0 Å². The lowest BCUT2D eigenvalue weighted by Crippen LogP contribution is -2.81. The van der Waals surface area contributed by atoms with Gasteiger partial charge in [0.15, 0.2) is 94.5 Å². The highest BCUT2D eigenvalue weighted by Gasteiger charge is 2.52. The molecule has 24 heteroatoms. The van der Waals surface area contributed by atoms with E-state index in [9.17, 15) is 57.5 Å². The smallest absolute Gasteiger partial charge is 0.200 e. The second-order valence-electron chi connectivity index (χ2n) is 12.5. The third-order valence-corrected chi connectivity index (χ3v) is 9.09. The monoisotopic (exact) mass is 892 g/mol. The van der Waals surface area contributed by atoms with Crippen molar-refractivity contribution >= 4 is 33.8 Å². The van der Waals surface area contributed by atoms with Crippen LogP contribution in [0.3, 0.4) is 0 Å². The maximum absolute atomic E-state index is 15.4. The van der Waals surface area contributed by atoms with E-state index in [1.54, 1.807) is 19.3 Å². The SMILES string of the molecule is CC(=O)c1cccc(C[n+]2ccncc2)c1.Fc1c(F)c(F)c([B-](c2c(F)c(F)c(F)c(F)c2F)(c2c(F)c(F)c(F)c(F)c2F)c2c(F)c(F)c(F)c(F)c2F)c(F)c1F. The highest BCUT2D eigenvalue weighted by Crippen LogP contribution is 2.30. The number of nitrogens with zero attached hydrogens (tertiary/aromatic N) is 2. The standard InChI is InChI=1S/C24BF20.C13H13N2O/c26-5-1(6(27)14(35)21(42)13(5)34)25(2-7(28)15(36)22(43)16(37)8(2)29,3-9(30)17(38)23(44)18(39)10(3)31)4-11(32)19(40)24(45)20(41)12(4)33;1-11(16)13-4-2-3-12(9-13)10-15-7-5-14-6-8-15/h;2-9H,10H2,1H3/q-1;+1. The largest absolute Gasteiger partial charge is 0.295 e.